The fraction of sp³-hybridized carbons (Fsp3) is 0.273. The van der Waals surface area contributed by atoms with Crippen LogP contribution in [-0.2, 0) is 9.53 Å². The third-order valence-corrected chi connectivity index (χ3v) is 5.39. The molecule has 0 fully saturated rings. The van der Waals surface area contributed by atoms with Crippen molar-refractivity contribution in [2.75, 3.05) is 30.7 Å². The highest BCUT2D eigenvalue weighted by molar-refractivity contribution is 8.14. The number of carbonyl (C=O) groups excluding carboxylic acids is 1. The molecule has 2 aliphatic rings. The maximum absolute atomic E-state index is 13.2. The molecule has 0 radical (unpaired) electrons. The maximum Gasteiger partial charge on any atom is 0.283 e. The molecule has 0 atom stereocenters. The number of hydrogen-bond acceptors (Lipinski definition) is 6. The first kappa shape index (κ1) is 19.5. The fourth-order valence-corrected chi connectivity index (χ4v) is 3.88. The van der Waals surface area contributed by atoms with Crippen LogP contribution in [0.2, 0.25) is 0 Å². The number of hydrogen-bond donors (Lipinski definition) is 0. The van der Waals surface area contributed by atoms with E-state index in [0.29, 0.717) is 35.6 Å². The van der Waals surface area contributed by atoms with Crippen LogP contribution in [0.5, 0.6) is 11.5 Å². The number of nitrogens with zero attached hydrogens (tertiary/aromatic N) is 2. The van der Waals surface area contributed by atoms with E-state index in [2.05, 4.69) is 4.99 Å². The Morgan fingerprint density at radius 2 is 1.97 bits per heavy atom. The lowest BCUT2D eigenvalue weighted by molar-refractivity contribution is -0.113. The van der Waals surface area contributed by atoms with E-state index in [4.69, 9.17) is 14.2 Å². The van der Waals surface area contributed by atoms with Gasteiger partial charge in [-0.1, -0.05) is 35.5 Å². The number of amidine groups is 1. The van der Waals surface area contributed by atoms with Gasteiger partial charge in [-0.2, -0.15) is 0 Å². The number of thioether (sulfide) groups is 1. The predicted molar refractivity (Wildman–Crippen MR) is 116 cm³/mol. The number of benzene rings is 2. The smallest absolute Gasteiger partial charge is 0.283 e. The molecular weight excluding hydrogens is 388 g/mol. The van der Waals surface area contributed by atoms with E-state index in [1.54, 1.807) is 11.0 Å². The van der Waals surface area contributed by atoms with Crippen molar-refractivity contribution in [2.24, 2.45) is 4.99 Å². The average molecular weight is 410 g/mol. The summed E-state index contributed by atoms with van der Waals surface area (Å²) in [4.78, 5) is 19.5. The Labute approximate surface area is 174 Å². The molecule has 0 aliphatic carbocycles. The van der Waals surface area contributed by atoms with Crippen LogP contribution in [-0.4, -0.2) is 36.8 Å². The van der Waals surface area contributed by atoms with Crippen LogP contribution >= 0.6 is 11.8 Å². The second kappa shape index (κ2) is 8.71. The van der Waals surface area contributed by atoms with E-state index in [0.717, 1.165) is 22.6 Å². The molecule has 0 aromatic heterocycles. The molecule has 1 amide bonds. The first-order valence-corrected chi connectivity index (χ1v) is 10.5. The van der Waals surface area contributed by atoms with Crippen molar-refractivity contribution >= 4 is 34.6 Å². The highest BCUT2D eigenvalue weighted by Gasteiger charge is 2.32. The topological polar surface area (TPSA) is 60.4 Å². The maximum atomic E-state index is 13.2. The zero-order chi connectivity index (χ0) is 20.2. The monoisotopic (exact) mass is 410 g/mol. The summed E-state index contributed by atoms with van der Waals surface area (Å²) < 4.78 is 16.2. The summed E-state index contributed by atoms with van der Waals surface area (Å²) in [6.07, 6.45) is 1.78. The summed E-state index contributed by atoms with van der Waals surface area (Å²) in [5, 5.41) is 0.658. The Hall–Kier alpha value is -2.77. The quantitative estimate of drug-likeness (QED) is 0.527. The Balaban J connectivity index is 1.62. The first-order valence-electron chi connectivity index (χ1n) is 9.47. The van der Waals surface area contributed by atoms with Gasteiger partial charge in [0.15, 0.2) is 16.7 Å². The number of aryl methyl sites for hydroxylation is 1. The average Bonchev–Trinajstić information content (AvgIpc) is 3.31. The normalized spacial score (nSPS) is 16.6. The van der Waals surface area contributed by atoms with E-state index >= 15 is 0 Å². The minimum atomic E-state index is -0.148. The lowest BCUT2D eigenvalue weighted by Crippen LogP contribution is -2.30. The zero-order valence-corrected chi connectivity index (χ0v) is 17.2. The molecule has 2 aliphatic heterocycles. The number of rotatable bonds is 6. The first-order chi connectivity index (χ1) is 14.2. The molecule has 2 heterocycles. The van der Waals surface area contributed by atoms with Gasteiger partial charge in [-0.3, -0.25) is 9.69 Å². The van der Waals surface area contributed by atoms with Crippen LogP contribution in [0.3, 0.4) is 0 Å². The van der Waals surface area contributed by atoms with E-state index in [1.807, 2.05) is 56.3 Å². The number of fused-ring (bicyclic) bond motifs is 1. The third-order valence-electron chi connectivity index (χ3n) is 4.48. The van der Waals surface area contributed by atoms with Crippen molar-refractivity contribution in [3.05, 3.63) is 59.3 Å². The van der Waals surface area contributed by atoms with Crippen LogP contribution in [0.15, 0.2) is 53.2 Å². The summed E-state index contributed by atoms with van der Waals surface area (Å²) in [5.41, 5.74) is 3.17. The molecule has 0 spiro atoms. The van der Waals surface area contributed by atoms with E-state index in [-0.39, 0.29) is 12.7 Å². The SMILES string of the molecule is CCOCCSC1=N/C(=C\c2ccc3c(c2)OCO3)C(=O)N1c1ccc(C)cc1. The van der Waals surface area contributed by atoms with Gasteiger partial charge in [-0.05, 0) is 49.8 Å². The largest absolute Gasteiger partial charge is 0.454 e. The number of aliphatic imine (C=N–C) groups is 1. The molecule has 0 N–H and O–H groups in total. The van der Waals surface area contributed by atoms with Gasteiger partial charge in [0.05, 0.1) is 12.3 Å². The highest BCUT2D eigenvalue weighted by Crippen LogP contribution is 2.34. The summed E-state index contributed by atoms with van der Waals surface area (Å²) >= 11 is 1.51. The zero-order valence-electron chi connectivity index (χ0n) is 16.4. The molecule has 150 valence electrons. The Morgan fingerprint density at radius 1 is 1.17 bits per heavy atom. The van der Waals surface area contributed by atoms with E-state index in [9.17, 15) is 4.79 Å². The number of amides is 1. The van der Waals surface area contributed by atoms with Gasteiger partial charge >= 0.3 is 0 Å². The molecule has 2 aromatic carbocycles. The van der Waals surface area contributed by atoms with Gasteiger partial charge in [0.25, 0.3) is 5.91 Å². The summed E-state index contributed by atoms with van der Waals surface area (Å²) in [7, 11) is 0. The van der Waals surface area contributed by atoms with Gasteiger partial charge in [0, 0.05) is 12.4 Å². The standard InChI is InChI=1S/C22H22N2O4S/c1-3-26-10-11-29-22-23-18(12-16-6-9-19-20(13-16)28-14-27-19)21(25)24(22)17-7-4-15(2)5-8-17/h4-9,12-13H,3,10-11,14H2,1-2H3/b18-12-. The fourth-order valence-electron chi connectivity index (χ4n) is 3.01. The van der Waals surface area contributed by atoms with Gasteiger partial charge in [-0.15, -0.1) is 0 Å². The number of anilines is 1. The second-order valence-corrected chi connectivity index (χ2v) is 7.62. The molecule has 0 saturated heterocycles. The van der Waals surface area contributed by atoms with Crippen LogP contribution in [0.25, 0.3) is 6.08 Å². The Morgan fingerprint density at radius 3 is 2.76 bits per heavy atom. The third kappa shape index (κ3) is 4.31. The lowest BCUT2D eigenvalue weighted by atomic mass is 10.1. The molecule has 0 saturated carbocycles. The number of ether oxygens (including phenoxy) is 3. The van der Waals surface area contributed by atoms with Crippen molar-refractivity contribution in [1.82, 2.24) is 0 Å². The van der Waals surface area contributed by atoms with E-state index in [1.165, 1.54) is 11.8 Å². The summed E-state index contributed by atoms with van der Waals surface area (Å²) in [6, 6.07) is 13.4. The van der Waals surface area contributed by atoms with Crippen molar-refractivity contribution in [2.45, 2.75) is 13.8 Å². The van der Waals surface area contributed by atoms with Gasteiger partial charge in [-0.25, -0.2) is 4.99 Å². The Kier molecular flexibility index (Phi) is 5.87. The molecule has 6 nitrogen and oxygen atoms in total. The molecule has 2 aromatic rings. The molecule has 0 bridgehead atoms. The van der Waals surface area contributed by atoms with Crippen LogP contribution in [0, 0.1) is 6.92 Å². The van der Waals surface area contributed by atoms with Crippen LogP contribution < -0.4 is 14.4 Å². The van der Waals surface area contributed by atoms with Crippen molar-refractivity contribution < 1.29 is 19.0 Å². The van der Waals surface area contributed by atoms with Crippen molar-refractivity contribution in [1.29, 1.82) is 0 Å². The summed E-state index contributed by atoms with van der Waals surface area (Å²) in [5.74, 6) is 1.96. The lowest BCUT2D eigenvalue weighted by Gasteiger charge is -2.18. The minimum absolute atomic E-state index is 0.148. The van der Waals surface area contributed by atoms with Crippen molar-refractivity contribution in [3.8, 4) is 11.5 Å². The molecular formula is C22H22N2O4S. The molecule has 4 rings (SSSR count). The molecule has 29 heavy (non-hydrogen) atoms. The Bertz CT molecular complexity index is 969. The predicted octanol–water partition coefficient (Wildman–Crippen LogP) is 4.24. The van der Waals surface area contributed by atoms with Crippen molar-refractivity contribution in [3.63, 3.8) is 0 Å². The highest BCUT2D eigenvalue weighted by atomic mass is 32.2. The van der Waals surface area contributed by atoms with Crippen LogP contribution in [0.4, 0.5) is 5.69 Å². The summed E-state index contributed by atoms with van der Waals surface area (Å²) in [6.45, 7) is 5.48. The van der Waals surface area contributed by atoms with Crippen LogP contribution in [0.1, 0.15) is 18.1 Å². The van der Waals surface area contributed by atoms with Gasteiger partial charge in [0.2, 0.25) is 6.79 Å². The van der Waals surface area contributed by atoms with E-state index < -0.39 is 0 Å². The second-order valence-electron chi connectivity index (χ2n) is 6.56. The van der Waals surface area contributed by atoms with Gasteiger partial charge < -0.3 is 14.2 Å². The molecule has 7 heteroatoms. The number of carbonyl (C=O) groups is 1. The van der Waals surface area contributed by atoms with Gasteiger partial charge in [0.1, 0.15) is 5.70 Å². The minimum Gasteiger partial charge on any atom is -0.454 e. The molecule has 0 unspecified atom stereocenters.